The van der Waals surface area contributed by atoms with E-state index in [1.165, 1.54) is 12.4 Å². The average molecular weight is 189 g/mol. The fourth-order valence-electron chi connectivity index (χ4n) is 0.590. The molecule has 0 aromatic rings. The highest BCUT2D eigenvalue weighted by molar-refractivity contribution is 7.79. The molecular weight excluding hydrogens is 178 g/mol. The monoisotopic (exact) mass is 189 g/mol. The van der Waals surface area contributed by atoms with Crippen LogP contribution in [0.3, 0.4) is 0 Å². The summed E-state index contributed by atoms with van der Waals surface area (Å²) in [5.41, 5.74) is 4.91. The number of urea groups is 1. The van der Waals surface area contributed by atoms with E-state index in [2.05, 4.69) is 22.9 Å². The Morgan fingerprint density at radius 1 is 1.67 bits per heavy atom. The van der Waals surface area contributed by atoms with E-state index in [4.69, 9.17) is 5.73 Å². The zero-order chi connectivity index (χ0) is 9.56. The first-order chi connectivity index (χ1) is 5.60. The molecule has 4 N–H and O–H groups in total. The molecule has 0 aromatic heterocycles. The maximum atomic E-state index is 10.7. The van der Waals surface area contributed by atoms with Crippen molar-refractivity contribution in [2.45, 2.75) is 12.5 Å². The van der Waals surface area contributed by atoms with Crippen molar-refractivity contribution in [2.75, 3.05) is 7.05 Å². The van der Waals surface area contributed by atoms with Crippen molar-refractivity contribution in [3.05, 3.63) is 0 Å². The number of nitrogens with one attached hydrogen (secondary N) is 2. The summed E-state index contributed by atoms with van der Waals surface area (Å²) in [4.78, 5) is 21.1. The number of carbonyl (C=O) groups is 2. The van der Waals surface area contributed by atoms with Crippen LogP contribution in [0.2, 0.25) is 0 Å². The maximum Gasteiger partial charge on any atom is 0.315 e. The van der Waals surface area contributed by atoms with Crippen LogP contribution in [0.4, 0.5) is 4.79 Å². The van der Waals surface area contributed by atoms with E-state index in [9.17, 15) is 9.59 Å². The second kappa shape index (κ2) is 5.48. The minimum absolute atomic E-state index is 0.0247. The van der Waals surface area contributed by atoms with Crippen LogP contribution in [0.15, 0.2) is 0 Å². The van der Waals surface area contributed by atoms with Gasteiger partial charge in [-0.1, -0.05) is 12.2 Å². The Morgan fingerprint density at radius 2 is 2.25 bits per heavy atom. The van der Waals surface area contributed by atoms with E-state index in [1.807, 2.05) is 0 Å². The quantitative estimate of drug-likeness (QED) is 0.504. The summed E-state index contributed by atoms with van der Waals surface area (Å²) in [6.45, 7) is 0. The largest absolute Gasteiger partial charge is 0.370 e. The van der Waals surface area contributed by atoms with E-state index < -0.39 is 11.9 Å². The van der Waals surface area contributed by atoms with Crippen molar-refractivity contribution in [1.29, 1.82) is 0 Å². The van der Waals surface area contributed by atoms with Crippen LogP contribution in [-0.2, 0) is 4.79 Å². The van der Waals surface area contributed by atoms with Crippen LogP contribution < -0.4 is 16.4 Å². The molecule has 5 nitrogen and oxygen atoms in total. The van der Waals surface area contributed by atoms with Gasteiger partial charge in [-0.3, -0.25) is 4.79 Å². The molecular formula is C6H11N3O2S. The Hall–Kier alpha value is -1.17. The lowest BCUT2D eigenvalue weighted by Gasteiger charge is -2.10. The first-order valence-electron chi connectivity index (χ1n) is 3.32. The Labute approximate surface area is 75.7 Å². The second-order valence-corrected chi connectivity index (χ2v) is 2.41. The third kappa shape index (κ3) is 4.62. The topological polar surface area (TPSA) is 84.2 Å². The molecule has 0 fully saturated rings. The van der Waals surface area contributed by atoms with E-state index in [1.54, 1.807) is 0 Å². The summed E-state index contributed by atoms with van der Waals surface area (Å²) in [7, 11) is 1.47. The van der Waals surface area contributed by atoms with Crippen LogP contribution >= 0.6 is 12.2 Å². The Balaban J connectivity index is 3.90. The normalized spacial score (nSPS) is 11.4. The predicted octanol–water partition coefficient (Wildman–Crippen LogP) is -0.841. The highest BCUT2D eigenvalue weighted by atomic mass is 32.1. The van der Waals surface area contributed by atoms with Crippen molar-refractivity contribution in [2.24, 2.45) is 5.73 Å². The van der Waals surface area contributed by atoms with Gasteiger partial charge in [0, 0.05) is 12.4 Å². The number of primary amides is 1. The Morgan fingerprint density at radius 3 is 2.58 bits per heavy atom. The summed E-state index contributed by atoms with van der Waals surface area (Å²) in [5, 5.41) is 6.06. The number of nitrogens with two attached hydrogens (primary N) is 1. The molecule has 0 aliphatic heterocycles. The van der Waals surface area contributed by atoms with Gasteiger partial charge in [0.15, 0.2) is 0 Å². The lowest BCUT2D eigenvalue weighted by Crippen LogP contribution is -2.42. The molecule has 0 aliphatic rings. The molecule has 0 spiro atoms. The van der Waals surface area contributed by atoms with E-state index >= 15 is 0 Å². The number of rotatable bonds is 4. The van der Waals surface area contributed by atoms with E-state index in [0.29, 0.717) is 0 Å². The first kappa shape index (κ1) is 10.8. The van der Waals surface area contributed by atoms with Crippen molar-refractivity contribution in [3.63, 3.8) is 0 Å². The number of amides is 3. The SMILES string of the molecule is CNC(=O)NC(C=S)CC(N)=O. The number of carbonyl (C=O) groups excluding carboxylic acids is 2. The lowest BCUT2D eigenvalue weighted by atomic mass is 10.2. The molecule has 1 atom stereocenters. The fourth-order valence-corrected chi connectivity index (χ4v) is 0.755. The molecule has 0 rings (SSSR count). The molecule has 68 valence electrons. The van der Waals surface area contributed by atoms with Crippen LogP contribution in [0.25, 0.3) is 0 Å². The third-order valence-electron chi connectivity index (χ3n) is 1.13. The summed E-state index contributed by atoms with van der Waals surface area (Å²) in [5.74, 6) is -0.502. The summed E-state index contributed by atoms with van der Waals surface area (Å²) >= 11 is 4.58. The summed E-state index contributed by atoms with van der Waals surface area (Å²) < 4.78 is 0. The lowest BCUT2D eigenvalue weighted by molar-refractivity contribution is -0.118. The molecule has 0 aliphatic carbocycles. The minimum Gasteiger partial charge on any atom is -0.370 e. The van der Waals surface area contributed by atoms with Crippen molar-refractivity contribution < 1.29 is 9.59 Å². The van der Waals surface area contributed by atoms with Gasteiger partial charge in [0.1, 0.15) is 0 Å². The van der Waals surface area contributed by atoms with E-state index in [-0.39, 0.29) is 12.5 Å². The molecule has 0 radical (unpaired) electrons. The standard InChI is InChI=1S/C6H11N3O2S/c1-8-6(11)9-4(3-12)2-5(7)10/h3-4H,2H2,1H3,(H2,7,10)(H2,8,9,11). The molecule has 1 unspecified atom stereocenters. The Kier molecular flexibility index (Phi) is 4.94. The molecule has 0 bridgehead atoms. The number of hydrogen-bond donors (Lipinski definition) is 3. The smallest absolute Gasteiger partial charge is 0.315 e. The highest BCUT2D eigenvalue weighted by Gasteiger charge is 2.10. The van der Waals surface area contributed by atoms with Crippen molar-refractivity contribution in [1.82, 2.24) is 10.6 Å². The van der Waals surface area contributed by atoms with Gasteiger partial charge in [0.05, 0.1) is 12.5 Å². The Bertz CT molecular complexity index is 195. The molecule has 3 amide bonds. The maximum absolute atomic E-state index is 10.7. The first-order valence-corrected chi connectivity index (χ1v) is 3.79. The summed E-state index contributed by atoms with van der Waals surface area (Å²) in [6.07, 6.45) is 0.0247. The van der Waals surface area contributed by atoms with Crippen LogP contribution in [0.5, 0.6) is 0 Å². The molecule has 0 saturated heterocycles. The number of thiocarbonyl (C=S) groups is 1. The molecule has 0 aromatic carbocycles. The van der Waals surface area contributed by atoms with Crippen molar-refractivity contribution >= 4 is 29.5 Å². The van der Waals surface area contributed by atoms with E-state index in [0.717, 1.165) is 0 Å². The van der Waals surface area contributed by atoms with Gasteiger partial charge in [-0.25, -0.2) is 4.79 Å². The predicted molar refractivity (Wildman–Crippen MR) is 48.8 cm³/mol. The number of hydrogen-bond acceptors (Lipinski definition) is 3. The molecule has 6 heteroatoms. The zero-order valence-corrected chi connectivity index (χ0v) is 7.48. The van der Waals surface area contributed by atoms with Gasteiger partial charge in [-0.05, 0) is 0 Å². The average Bonchev–Trinajstić information content (AvgIpc) is 2.02. The minimum atomic E-state index is -0.502. The van der Waals surface area contributed by atoms with Crippen LogP contribution in [0, 0.1) is 0 Å². The van der Waals surface area contributed by atoms with Gasteiger partial charge in [0.25, 0.3) is 0 Å². The van der Waals surface area contributed by atoms with Crippen molar-refractivity contribution in [3.8, 4) is 0 Å². The highest BCUT2D eigenvalue weighted by Crippen LogP contribution is 1.87. The zero-order valence-electron chi connectivity index (χ0n) is 6.66. The van der Waals surface area contributed by atoms with Gasteiger partial charge < -0.3 is 16.4 Å². The summed E-state index contributed by atoms with van der Waals surface area (Å²) in [6, 6.07) is -0.861. The molecule has 0 saturated carbocycles. The third-order valence-corrected chi connectivity index (χ3v) is 1.46. The second-order valence-electron chi connectivity index (χ2n) is 2.14. The van der Waals surface area contributed by atoms with Gasteiger partial charge in [-0.15, -0.1) is 0 Å². The van der Waals surface area contributed by atoms with Gasteiger partial charge in [-0.2, -0.15) is 0 Å². The molecule has 12 heavy (non-hydrogen) atoms. The van der Waals surface area contributed by atoms with Gasteiger partial charge in [0.2, 0.25) is 5.91 Å². The van der Waals surface area contributed by atoms with Gasteiger partial charge >= 0.3 is 6.03 Å². The van der Waals surface area contributed by atoms with Crippen LogP contribution in [0.1, 0.15) is 6.42 Å². The fraction of sp³-hybridized carbons (Fsp3) is 0.500. The van der Waals surface area contributed by atoms with Crippen LogP contribution in [-0.4, -0.2) is 30.4 Å². The molecule has 0 heterocycles.